The molecular formula is C18H19ClN6O2. The number of fused-ring (bicyclic) bond motifs is 1. The maximum atomic E-state index is 11.2. The molecule has 0 aliphatic carbocycles. The first kappa shape index (κ1) is 17.5. The summed E-state index contributed by atoms with van der Waals surface area (Å²) in [7, 11) is 0. The SMILES string of the molecule is Cc1c(Cl)nc(-c2cnn3ccccc23)nc1N[C@@H]1CCCN(C(=O)O)C1. The number of likely N-dealkylation sites (tertiary alicyclic amines) is 1. The minimum atomic E-state index is -0.897. The van der Waals surface area contributed by atoms with Gasteiger partial charge < -0.3 is 15.3 Å². The molecule has 1 amide bonds. The van der Waals surface area contributed by atoms with Crippen molar-refractivity contribution in [3.63, 3.8) is 0 Å². The lowest BCUT2D eigenvalue weighted by atomic mass is 10.1. The fourth-order valence-corrected chi connectivity index (χ4v) is 3.49. The van der Waals surface area contributed by atoms with Crippen LogP contribution in [-0.4, -0.2) is 54.8 Å². The summed E-state index contributed by atoms with van der Waals surface area (Å²) in [6.07, 6.45) is 4.36. The maximum Gasteiger partial charge on any atom is 0.407 e. The van der Waals surface area contributed by atoms with E-state index >= 15 is 0 Å². The topological polar surface area (TPSA) is 95.7 Å². The van der Waals surface area contributed by atoms with Gasteiger partial charge in [-0.1, -0.05) is 17.7 Å². The average molecular weight is 387 g/mol. The molecule has 1 fully saturated rings. The Morgan fingerprint density at radius 3 is 3.04 bits per heavy atom. The van der Waals surface area contributed by atoms with Crippen LogP contribution < -0.4 is 5.32 Å². The Balaban J connectivity index is 1.67. The van der Waals surface area contributed by atoms with Crippen LogP contribution in [0.1, 0.15) is 18.4 Å². The summed E-state index contributed by atoms with van der Waals surface area (Å²) in [4.78, 5) is 21.8. The fourth-order valence-electron chi connectivity index (χ4n) is 3.32. The molecule has 2 N–H and O–H groups in total. The van der Waals surface area contributed by atoms with Crippen LogP contribution in [0.2, 0.25) is 5.15 Å². The molecule has 0 unspecified atom stereocenters. The average Bonchev–Trinajstić information content (AvgIpc) is 3.09. The normalized spacial score (nSPS) is 17.3. The van der Waals surface area contributed by atoms with Crippen molar-refractivity contribution in [2.45, 2.75) is 25.8 Å². The number of aromatic nitrogens is 4. The van der Waals surface area contributed by atoms with E-state index in [0.717, 1.165) is 29.5 Å². The van der Waals surface area contributed by atoms with E-state index in [0.29, 0.717) is 29.9 Å². The number of rotatable bonds is 3. The third-order valence-corrected chi connectivity index (χ3v) is 5.15. The number of anilines is 1. The molecule has 4 heterocycles. The zero-order valence-electron chi connectivity index (χ0n) is 14.8. The van der Waals surface area contributed by atoms with Crippen LogP contribution in [0.15, 0.2) is 30.6 Å². The summed E-state index contributed by atoms with van der Waals surface area (Å²) in [5.41, 5.74) is 2.42. The van der Waals surface area contributed by atoms with Crippen molar-refractivity contribution in [2.75, 3.05) is 18.4 Å². The second-order valence-corrected chi connectivity index (χ2v) is 6.97. The van der Waals surface area contributed by atoms with Gasteiger partial charge in [0.15, 0.2) is 5.82 Å². The lowest BCUT2D eigenvalue weighted by Gasteiger charge is -2.31. The van der Waals surface area contributed by atoms with Crippen molar-refractivity contribution in [3.8, 4) is 11.4 Å². The Morgan fingerprint density at radius 1 is 1.37 bits per heavy atom. The van der Waals surface area contributed by atoms with E-state index in [1.807, 2.05) is 31.3 Å². The number of nitrogens with zero attached hydrogens (tertiary/aromatic N) is 5. The van der Waals surface area contributed by atoms with E-state index in [9.17, 15) is 9.90 Å². The van der Waals surface area contributed by atoms with Crippen molar-refractivity contribution in [1.29, 1.82) is 0 Å². The fraction of sp³-hybridized carbons (Fsp3) is 0.333. The highest BCUT2D eigenvalue weighted by Crippen LogP contribution is 2.28. The summed E-state index contributed by atoms with van der Waals surface area (Å²) >= 11 is 6.36. The van der Waals surface area contributed by atoms with E-state index < -0.39 is 6.09 Å². The van der Waals surface area contributed by atoms with E-state index in [2.05, 4.69) is 20.4 Å². The molecule has 3 aromatic rings. The number of carboxylic acid groups (broad SMARTS) is 1. The third-order valence-electron chi connectivity index (χ3n) is 4.79. The zero-order valence-corrected chi connectivity index (χ0v) is 15.5. The molecule has 4 rings (SSSR count). The number of pyridine rings is 1. The Labute approximate surface area is 160 Å². The van der Waals surface area contributed by atoms with Gasteiger partial charge in [-0.2, -0.15) is 5.10 Å². The monoisotopic (exact) mass is 386 g/mol. The van der Waals surface area contributed by atoms with Crippen molar-refractivity contribution < 1.29 is 9.90 Å². The summed E-state index contributed by atoms with van der Waals surface area (Å²) in [5.74, 6) is 1.11. The Bertz CT molecular complexity index is 1000. The van der Waals surface area contributed by atoms with E-state index in [1.54, 1.807) is 10.7 Å². The van der Waals surface area contributed by atoms with Gasteiger partial charge in [-0.15, -0.1) is 0 Å². The molecule has 0 saturated carbocycles. The highest BCUT2D eigenvalue weighted by molar-refractivity contribution is 6.30. The van der Waals surface area contributed by atoms with Crippen LogP contribution in [0, 0.1) is 6.92 Å². The number of amides is 1. The summed E-state index contributed by atoms with van der Waals surface area (Å²) in [5, 5.41) is 17.3. The van der Waals surface area contributed by atoms with Gasteiger partial charge in [0, 0.05) is 30.9 Å². The van der Waals surface area contributed by atoms with Gasteiger partial charge in [0.05, 0.1) is 17.3 Å². The van der Waals surface area contributed by atoms with Crippen molar-refractivity contribution in [2.24, 2.45) is 0 Å². The predicted octanol–water partition coefficient (Wildman–Crippen LogP) is 3.31. The molecule has 140 valence electrons. The first-order chi connectivity index (χ1) is 13.0. The Hall–Kier alpha value is -2.87. The van der Waals surface area contributed by atoms with Gasteiger partial charge in [0.1, 0.15) is 11.0 Å². The van der Waals surface area contributed by atoms with Crippen LogP contribution in [-0.2, 0) is 0 Å². The number of hydrogen-bond donors (Lipinski definition) is 2. The molecule has 27 heavy (non-hydrogen) atoms. The number of carbonyl (C=O) groups is 1. The lowest BCUT2D eigenvalue weighted by Crippen LogP contribution is -2.44. The molecule has 9 heteroatoms. The summed E-state index contributed by atoms with van der Waals surface area (Å²) in [6.45, 7) is 2.83. The van der Waals surface area contributed by atoms with Crippen molar-refractivity contribution in [3.05, 3.63) is 41.3 Å². The molecule has 0 bridgehead atoms. The molecular weight excluding hydrogens is 368 g/mol. The molecule has 0 spiro atoms. The first-order valence-corrected chi connectivity index (χ1v) is 9.12. The predicted molar refractivity (Wildman–Crippen MR) is 102 cm³/mol. The van der Waals surface area contributed by atoms with Crippen molar-refractivity contribution in [1.82, 2.24) is 24.5 Å². The van der Waals surface area contributed by atoms with Gasteiger partial charge in [-0.05, 0) is 31.9 Å². The molecule has 1 atom stereocenters. The molecule has 3 aromatic heterocycles. The Morgan fingerprint density at radius 2 is 2.22 bits per heavy atom. The zero-order chi connectivity index (χ0) is 19.0. The largest absolute Gasteiger partial charge is 0.465 e. The summed E-state index contributed by atoms with van der Waals surface area (Å²) in [6, 6.07) is 5.75. The highest BCUT2D eigenvalue weighted by Gasteiger charge is 2.24. The maximum absolute atomic E-state index is 11.2. The number of halogens is 1. The number of piperidine rings is 1. The van der Waals surface area contributed by atoms with Gasteiger partial charge in [-0.25, -0.2) is 19.3 Å². The molecule has 8 nitrogen and oxygen atoms in total. The second-order valence-electron chi connectivity index (χ2n) is 6.61. The van der Waals surface area contributed by atoms with E-state index in [-0.39, 0.29) is 6.04 Å². The molecule has 0 aromatic carbocycles. The molecule has 1 saturated heterocycles. The standard InChI is InChI=1S/C18H19ClN6O2/c1-11-15(19)22-17(13-9-20-25-8-3-2-6-14(13)25)23-16(11)21-12-5-4-7-24(10-12)18(26)27/h2-3,6,8-9,12H,4-5,7,10H2,1H3,(H,26,27)(H,21,22,23)/t12-/m1/s1. The first-order valence-electron chi connectivity index (χ1n) is 8.74. The number of nitrogens with one attached hydrogen (secondary N) is 1. The van der Waals surface area contributed by atoms with E-state index in [4.69, 9.17) is 11.6 Å². The second kappa shape index (κ2) is 7.03. The van der Waals surface area contributed by atoms with Gasteiger partial charge in [-0.3, -0.25) is 0 Å². The third kappa shape index (κ3) is 3.40. The Kier molecular flexibility index (Phi) is 4.57. The summed E-state index contributed by atoms with van der Waals surface area (Å²) < 4.78 is 1.76. The number of hydrogen-bond acceptors (Lipinski definition) is 5. The van der Waals surface area contributed by atoms with Gasteiger partial charge >= 0.3 is 6.09 Å². The smallest absolute Gasteiger partial charge is 0.407 e. The van der Waals surface area contributed by atoms with Crippen LogP contribution in [0.3, 0.4) is 0 Å². The van der Waals surface area contributed by atoms with Crippen LogP contribution in [0.5, 0.6) is 0 Å². The lowest BCUT2D eigenvalue weighted by molar-refractivity contribution is 0.133. The molecule has 1 aliphatic rings. The molecule has 1 aliphatic heterocycles. The van der Waals surface area contributed by atoms with Gasteiger partial charge in [0.2, 0.25) is 0 Å². The quantitative estimate of drug-likeness (QED) is 0.670. The minimum absolute atomic E-state index is 0.0173. The molecule has 0 radical (unpaired) electrons. The van der Waals surface area contributed by atoms with Crippen LogP contribution in [0.4, 0.5) is 10.6 Å². The van der Waals surface area contributed by atoms with Gasteiger partial charge in [0.25, 0.3) is 0 Å². The highest BCUT2D eigenvalue weighted by atomic mass is 35.5. The van der Waals surface area contributed by atoms with Crippen molar-refractivity contribution >= 4 is 29.0 Å². The minimum Gasteiger partial charge on any atom is -0.465 e. The van der Waals surface area contributed by atoms with E-state index in [1.165, 1.54) is 4.90 Å². The van der Waals surface area contributed by atoms with Crippen LogP contribution >= 0.6 is 11.6 Å². The van der Waals surface area contributed by atoms with Crippen LogP contribution in [0.25, 0.3) is 16.9 Å².